The molecule has 0 bridgehead atoms. The van der Waals surface area contributed by atoms with Crippen molar-refractivity contribution in [2.75, 3.05) is 13.6 Å². The molecule has 0 amide bonds. The molecule has 0 aliphatic rings. The lowest BCUT2D eigenvalue weighted by molar-refractivity contribution is 0.194. The van der Waals surface area contributed by atoms with E-state index in [0.29, 0.717) is 11.3 Å². The van der Waals surface area contributed by atoms with Gasteiger partial charge in [-0.2, -0.15) is 5.26 Å². The van der Waals surface area contributed by atoms with Crippen molar-refractivity contribution in [3.05, 3.63) is 65.7 Å². The molecule has 0 aromatic heterocycles. The maximum atomic E-state index is 9.14. The first-order valence-electron chi connectivity index (χ1n) is 6.70. The van der Waals surface area contributed by atoms with Gasteiger partial charge in [-0.25, -0.2) is 0 Å². The molecule has 1 N–H and O–H groups in total. The van der Waals surface area contributed by atoms with Gasteiger partial charge in [-0.05, 0) is 31.3 Å². The maximum absolute atomic E-state index is 9.14. The molecule has 0 spiro atoms. The number of nitrogens with zero attached hydrogens (tertiary/aromatic N) is 1. The molecule has 0 aliphatic carbocycles. The normalized spacial score (nSPS) is 11.0. The number of nitrogens with one attached hydrogen (secondary N) is 1. The van der Waals surface area contributed by atoms with Crippen LogP contribution in [-0.2, 0) is 0 Å². The fourth-order valence-electron chi connectivity index (χ4n) is 2.05. The van der Waals surface area contributed by atoms with Crippen LogP contribution in [0.3, 0.4) is 0 Å². The Hall–Kier alpha value is -2.02. The second kappa shape index (κ2) is 9.02. The van der Waals surface area contributed by atoms with Crippen LogP contribution in [0.25, 0.3) is 0 Å². The predicted octanol–water partition coefficient (Wildman–Crippen LogP) is 3.71. The first-order valence-corrected chi connectivity index (χ1v) is 6.70. The van der Waals surface area contributed by atoms with Gasteiger partial charge in [0.05, 0.1) is 5.56 Å². The Bertz CT molecular complexity index is 581. The van der Waals surface area contributed by atoms with Gasteiger partial charge in [-0.15, -0.1) is 12.4 Å². The first kappa shape index (κ1) is 17.0. The highest BCUT2D eigenvalue weighted by Gasteiger charge is 2.14. The number of halogens is 1. The van der Waals surface area contributed by atoms with E-state index in [2.05, 4.69) is 23.5 Å². The van der Waals surface area contributed by atoms with Crippen molar-refractivity contribution in [1.29, 1.82) is 5.26 Å². The molecular weight excluding hydrogens is 284 g/mol. The van der Waals surface area contributed by atoms with Crippen LogP contribution in [0.15, 0.2) is 54.6 Å². The molecule has 0 saturated heterocycles. The Morgan fingerprint density at radius 2 is 1.76 bits per heavy atom. The Morgan fingerprint density at radius 3 is 2.43 bits per heavy atom. The number of rotatable bonds is 6. The number of hydrogen-bond acceptors (Lipinski definition) is 3. The van der Waals surface area contributed by atoms with E-state index in [-0.39, 0.29) is 18.5 Å². The Kier molecular flexibility index (Phi) is 7.31. The summed E-state index contributed by atoms with van der Waals surface area (Å²) >= 11 is 0. The van der Waals surface area contributed by atoms with Crippen LogP contribution in [-0.4, -0.2) is 13.6 Å². The van der Waals surface area contributed by atoms with Crippen LogP contribution >= 0.6 is 12.4 Å². The van der Waals surface area contributed by atoms with Gasteiger partial charge in [-0.1, -0.05) is 42.5 Å². The molecule has 2 aromatic rings. The molecule has 21 heavy (non-hydrogen) atoms. The van der Waals surface area contributed by atoms with Crippen LogP contribution < -0.4 is 10.1 Å². The molecule has 4 heteroatoms. The van der Waals surface area contributed by atoms with Gasteiger partial charge in [0.25, 0.3) is 0 Å². The zero-order valence-electron chi connectivity index (χ0n) is 12.0. The van der Waals surface area contributed by atoms with Crippen LogP contribution in [0.2, 0.25) is 0 Å². The third-order valence-electron chi connectivity index (χ3n) is 3.10. The second-order valence-electron chi connectivity index (χ2n) is 4.52. The van der Waals surface area contributed by atoms with E-state index in [0.717, 1.165) is 18.5 Å². The van der Waals surface area contributed by atoms with E-state index in [4.69, 9.17) is 10.00 Å². The van der Waals surface area contributed by atoms with Crippen LogP contribution in [0.5, 0.6) is 5.75 Å². The number of hydrogen-bond donors (Lipinski definition) is 1. The summed E-state index contributed by atoms with van der Waals surface area (Å²) in [5, 5.41) is 12.3. The quantitative estimate of drug-likeness (QED) is 0.884. The molecule has 2 aromatic carbocycles. The van der Waals surface area contributed by atoms with E-state index in [9.17, 15) is 0 Å². The molecule has 0 radical (unpaired) electrons. The summed E-state index contributed by atoms with van der Waals surface area (Å²) in [6.45, 7) is 0.855. The fourth-order valence-corrected chi connectivity index (χ4v) is 2.05. The first-order chi connectivity index (χ1) is 9.85. The van der Waals surface area contributed by atoms with Crippen molar-refractivity contribution < 1.29 is 4.74 Å². The molecule has 3 nitrogen and oxygen atoms in total. The van der Waals surface area contributed by atoms with E-state index in [1.54, 1.807) is 6.07 Å². The Balaban J connectivity index is 0.00000220. The number of para-hydroxylation sites is 1. The van der Waals surface area contributed by atoms with Crippen molar-refractivity contribution in [1.82, 2.24) is 5.32 Å². The molecule has 110 valence electrons. The van der Waals surface area contributed by atoms with Gasteiger partial charge < -0.3 is 10.1 Å². The molecule has 0 unspecified atom stereocenters. The van der Waals surface area contributed by atoms with E-state index < -0.39 is 0 Å². The summed E-state index contributed by atoms with van der Waals surface area (Å²) in [4.78, 5) is 0. The lowest BCUT2D eigenvalue weighted by atomic mass is 10.1. The van der Waals surface area contributed by atoms with E-state index in [1.165, 1.54) is 0 Å². The number of nitriles is 1. The monoisotopic (exact) mass is 302 g/mol. The highest BCUT2D eigenvalue weighted by Crippen LogP contribution is 2.26. The Labute approximate surface area is 132 Å². The summed E-state index contributed by atoms with van der Waals surface area (Å²) in [5.74, 6) is 0.639. The molecule has 0 heterocycles. The maximum Gasteiger partial charge on any atom is 0.137 e. The minimum absolute atomic E-state index is 0. The number of ether oxygens (including phenoxy) is 1. The topological polar surface area (TPSA) is 45.0 Å². The lowest BCUT2D eigenvalue weighted by Crippen LogP contribution is -2.16. The average molecular weight is 303 g/mol. The zero-order valence-corrected chi connectivity index (χ0v) is 12.8. The molecule has 0 aliphatic heterocycles. The van der Waals surface area contributed by atoms with Gasteiger partial charge in [0, 0.05) is 6.42 Å². The smallest absolute Gasteiger partial charge is 0.137 e. The van der Waals surface area contributed by atoms with Crippen molar-refractivity contribution in [3.63, 3.8) is 0 Å². The Morgan fingerprint density at radius 1 is 1.10 bits per heavy atom. The highest BCUT2D eigenvalue weighted by atomic mass is 35.5. The van der Waals surface area contributed by atoms with Crippen molar-refractivity contribution >= 4 is 12.4 Å². The zero-order chi connectivity index (χ0) is 14.2. The van der Waals surface area contributed by atoms with Crippen LogP contribution in [0.4, 0.5) is 0 Å². The third-order valence-corrected chi connectivity index (χ3v) is 3.10. The average Bonchev–Trinajstić information content (AvgIpc) is 2.52. The van der Waals surface area contributed by atoms with Gasteiger partial charge >= 0.3 is 0 Å². The summed E-state index contributed by atoms with van der Waals surface area (Å²) in [7, 11) is 1.92. The van der Waals surface area contributed by atoms with Gasteiger partial charge in [-0.3, -0.25) is 0 Å². The molecule has 0 saturated carbocycles. The van der Waals surface area contributed by atoms with Gasteiger partial charge in [0.1, 0.15) is 17.9 Å². The number of benzene rings is 2. The van der Waals surface area contributed by atoms with Crippen molar-refractivity contribution in [3.8, 4) is 11.8 Å². The summed E-state index contributed by atoms with van der Waals surface area (Å²) in [6.07, 6.45) is 0.790. The van der Waals surface area contributed by atoms with Crippen molar-refractivity contribution in [2.45, 2.75) is 12.5 Å². The van der Waals surface area contributed by atoms with E-state index in [1.807, 2.05) is 43.4 Å². The van der Waals surface area contributed by atoms with Crippen LogP contribution in [0, 0.1) is 11.3 Å². The molecule has 1 atom stereocenters. The molecule has 0 fully saturated rings. The van der Waals surface area contributed by atoms with Gasteiger partial charge in [0.2, 0.25) is 0 Å². The standard InChI is InChI=1S/C17H18N2O.ClH/c1-19-12-11-17(14-7-3-2-4-8-14)20-16-10-6-5-9-15(16)13-18;/h2-10,17,19H,11-12H2,1H3;1H/t17-;/m1./s1. The molecular formula is C17H19ClN2O. The minimum atomic E-state index is -0.0573. The minimum Gasteiger partial charge on any atom is -0.484 e. The fraction of sp³-hybridized carbons (Fsp3) is 0.235. The van der Waals surface area contributed by atoms with Crippen LogP contribution in [0.1, 0.15) is 23.7 Å². The van der Waals surface area contributed by atoms with Crippen molar-refractivity contribution in [2.24, 2.45) is 0 Å². The molecule has 2 rings (SSSR count). The SMILES string of the molecule is CNCC[C@@H](Oc1ccccc1C#N)c1ccccc1.Cl. The lowest BCUT2D eigenvalue weighted by Gasteiger charge is -2.20. The third kappa shape index (κ3) is 4.78. The summed E-state index contributed by atoms with van der Waals surface area (Å²) in [5.41, 5.74) is 1.69. The van der Waals surface area contributed by atoms with E-state index >= 15 is 0 Å². The van der Waals surface area contributed by atoms with Gasteiger partial charge in [0.15, 0.2) is 0 Å². The summed E-state index contributed by atoms with van der Waals surface area (Å²) < 4.78 is 6.06. The predicted molar refractivity (Wildman–Crippen MR) is 86.8 cm³/mol. The second-order valence-corrected chi connectivity index (χ2v) is 4.52. The summed E-state index contributed by atoms with van der Waals surface area (Å²) in [6, 6.07) is 19.6. The highest BCUT2D eigenvalue weighted by molar-refractivity contribution is 5.85. The largest absolute Gasteiger partial charge is 0.484 e.